The molecule has 0 saturated carbocycles. The van der Waals surface area contributed by atoms with Gasteiger partial charge in [0.2, 0.25) is 0 Å². The highest BCUT2D eigenvalue weighted by Crippen LogP contribution is 2.30. The number of hydrogen-bond acceptors (Lipinski definition) is 3. The summed E-state index contributed by atoms with van der Waals surface area (Å²) in [5, 5.41) is 4.49. The Balaban J connectivity index is 2.15. The van der Waals surface area contributed by atoms with Crippen molar-refractivity contribution in [2.45, 2.75) is 36.7 Å². The third kappa shape index (κ3) is 4.62. The molecule has 0 aliphatic carbocycles. The Morgan fingerprint density at radius 3 is 2.80 bits per heavy atom. The first-order chi connectivity index (χ1) is 9.69. The highest BCUT2D eigenvalue weighted by Gasteiger charge is 2.06. The normalized spacial score (nSPS) is 10.8. The topological polar surface area (TPSA) is 24.9 Å². The summed E-state index contributed by atoms with van der Waals surface area (Å²) in [4.78, 5) is 5.70. The van der Waals surface area contributed by atoms with Crippen LogP contribution in [0.2, 0.25) is 0 Å². The van der Waals surface area contributed by atoms with Crippen LogP contribution in [0.15, 0.2) is 50.9 Å². The van der Waals surface area contributed by atoms with Gasteiger partial charge in [-0.1, -0.05) is 36.4 Å². The zero-order valence-electron chi connectivity index (χ0n) is 11.8. The Labute approximate surface area is 133 Å². The van der Waals surface area contributed by atoms with E-state index in [1.165, 1.54) is 16.0 Å². The molecule has 106 valence electrons. The average molecular weight is 351 g/mol. The molecule has 0 unspecified atom stereocenters. The monoisotopic (exact) mass is 350 g/mol. The molecule has 0 aliphatic rings. The summed E-state index contributed by atoms with van der Waals surface area (Å²) in [5.74, 6) is 0. The molecule has 1 N–H and O–H groups in total. The fourth-order valence-corrected chi connectivity index (χ4v) is 2.98. The SMILES string of the molecule is CCCNCc1cc(C)ccc1Sc1ccc(Br)cn1. The first kappa shape index (κ1) is 15.5. The van der Waals surface area contributed by atoms with E-state index in [1.807, 2.05) is 18.3 Å². The first-order valence-corrected chi connectivity index (χ1v) is 8.39. The standard InChI is InChI=1S/C16H19BrN2S/c1-3-8-18-10-13-9-12(2)4-6-15(13)20-16-7-5-14(17)11-19-16/h4-7,9,11,18H,3,8,10H2,1-2H3. The van der Waals surface area contributed by atoms with Gasteiger partial charge in [0.1, 0.15) is 5.03 Å². The molecule has 0 aliphatic heterocycles. The molecule has 2 nitrogen and oxygen atoms in total. The number of hydrogen-bond donors (Lipinski definition) is 1. The van der Waals surface area contributed by atoms with Crippen LogP contribution >= 0.6 is 27.7 Å². The molecule has 0 bridgehead atoms. The molecule has 1 aromatic carbocycles. The van der Waals surface area contributed by atoms with Gasteiger partial charge in [-0.15, -0.1) is 0 Å². The Morgan fingerprint density at radius 1 is 1.25 bits per heavy atom. The minimum Gasteiger partial charge on any atom is -0.313 e. The summed E-state index contributed by atoms with van der Waals surface area (Å²) in [7, 11) is 0. The molecule has 1 heterocycles. The molecule has 2 aromatic rings. The highest BCUT2D eigenvalue weighted by molar-refractivity contribution is 9.10. The van der Waals surface area contributed by atoms with Crippen LogP contribution < -0.4 is 5.32 Å². The number of halogens is 1. The van der Waals surface area contributed by atoms with Crippen LogP contribution in [0.5, 0.6) is 0 Å². The predicted molar refractivity (Wildman–Crippen MR) is 89.2 cm³/mol. The van der Waals surface area contributed by atoms with E-state index in [1.54, 1.807) is 11.8 Å². The summed E-state index contributed by atoms with van der Waals surface area (Å²) in [6, 6.07) is 10.7. The maximum absolute atomic E-state index is 4.43. The Kier molecular flexibility index (Phi) is 6.07. The van der Waals surface area contributed by atoms with Crippen LogP contribution in [0.3, 0.4) is 0 Å². The molecule has 0 amide bonds. The second-order valence-electron chi connectivity index (χ2n) is 4.70. The van der Waals surface area contributed by atoms with Crippen LogP contribution in [0, 0.1) is 6.92 Å². The number of benzene rings is 1. The number of nitrogens with one attached hydrogen (secondary N) is 1. The fourth-order valence-electron chi connectivity index (χ4n) is 1.88. The lowest BCUT2D eigenvalue weighted by atomic mass is 10.1. The third-order valence-corrected chi connectivity index (χ3v) is 4.41. The van der Waals surface area contributed by atoms with E-state index in [9.17, 15) is 0 Å². The minimum atomic E-state index is 0.911. The lowest BCUT2D eigenvalue weighted by Gasteiger charge is -2.11. The van der Waals surface area contributed by atoms with Crippen LogP contribution in [-0.4, -0.2) is 11.5 Å². The first-order valence-electron chi connectivity index (χ1n) is 6.78. The summed E-state index contributed by atoms with van der Waals surface area (Å²) in [6.45, 7) is 6.28. The summed E-state index contributed by atoms with van der Waals surface area (Å²) >= 11 is 5.13. The van der Waals surface area contributed by atoms with E-state index in [4.69, 9.17) is 0 Å². The third-order valence-electron chi connectivity index (χ3n) is 2.87. The number of pyridine rings is 1. The van der Waals surface area contributed by atoms with Crippen molar-refractivity contribution in [3.63, 3.8) is 0 Å². The van der Waals surface area contributed by atoms with Crippen molar-refractivity contribution in [2.24, 2.45) is 0 Å². The van der Waals surface area contributed by atoms with Crippen molar-refractivity contribution >= 4 is 27.7 Å². The van der Waals surface area contributed by atoms with Crippen molar-refractivity contribution in [2.75, 3.05) is 6.54 Å². The lowest BCUT2D eigenvalue weighted by Crippen LogP contribution is -2.14. The van der Waals surface area contributed by atoms with Crippen molar-refractivity contribution < 1.29 is 0 Å². The van der Waals surface area contributed by atoms with Gasteiger partial charge < -0.3 is 5.32 Å². The molecule has 0 fully saturated rings. The molecule has 20 heavy (non-hydrogen) atoms. The second kappa shape index (κ2) is 7.81. The number of nitrogens with zero attached hydrogens (tertiary/aromatic N) is 1. The smallest absolute Gasteiger partial charge is 0.101 e. The number of rotatable bonds is 6. The number of aryl methyl sites for hydroxylation is 1. The van der Waals surface area contributed by atoms with Gasteiger partial charge in [-0.2, -0.15) is 0 Å². The van der Waals surface area contributed by atoms with E-state index in [0.29, 0.717) is 0 Å². The van der Waals surface area contributed by atoms with Gasteiger partial charge in [-0.25, -0.2) is 4.98 Å². The summed E-state index contributed by atoms with van der Waals surface area (Å²) in [5.41, 5.74) is 2.64. The van der Waals surface area contributed by atoms with E-state index >= 15 is 0 Å². The molecular formula is C16H19BrN2S. The van der Waals surface area contributed by atoms with Crippen molar-refractivity contribution in [3.05, 3.63) is 52.1 Å². The van der Waals surface area contributed by atoms with Crippen LogP contribution in [0.1, 0.15) is 24.5 Å². The van der Waals surface area contributed by atoms with E-state index in [-0.39, 0.29) is 0 Å². The molecule has 4 heteroatoms. The van der Waals surface area contributed by atoms with E-state index in [0.717, 1.165) is 29.0 Å². The zero-order valence-corrected chi connectivity index (χ0v) is 14.2. The molecule has 0 saturated heterocycles. The van der Waals surface area contributed by atoms with Crippen LogP contribution in [-0.2, 0) is 6.54 Å². The molecule has 1 aromatic heterocycles. The quantitative estimate of drug-likeness (QED) is 0.757. The van der Waals surface area contributed by atoms with Gasteiger partial charge in [0, 0.05) is 22.1 Å². The molecular weight excluding hydrogens is 332 g/mol. The molecule has 2 rings (SSSR count). The van der Waals surface area contributed by atoms with Crippen LogP contribution in [0.4, 0.5) is 0 Å². The van der Waals surface area contributed by atoms with Gasteiger partial charge >= 0.3 is 0 Å². The lowest BCUT2D eigenvalue weighted by molar-refractivity contribution is 0.669. The Morgan fingerprint density at radius 2 is 2.10 bits per heavy atom. The van der Waals surface area contributed by atoms with Crippen LogP contribution in [0.25, 0.3) is 0 Å². The van der Waals surface area contributed by atoms with E-state index in [2.05, 4.69) is 58.3 Å². The molecule has 0 spiro atoms. The highest BCUT2D eigenvalue weighted by atomic mass is 79.9. The zero-order chi connectivity index (χ0) is 14.4. The molecule has 0 radical (unpaired) electrons. The van der Waals surface area contributed by atoms with Gasteiger partial charge in [0.25, 0.3) is 0 Å². The van der Waals surface area contributed by atoms with Crippen molar-refractivity contribution in [1.29, 1.82) is 0 Å². The summed E-state index contributed by atoms with van der Waals surface area (Å²) < 4.78 is 1.01. The number of aromatic nitrogens is 1. The Hall–Kier alpha value is -0.840. The average Bonchev–Trinajstić information content (AvgIpc) is 2.44. The Bertz CT molecular complexity index is 555. The predicted octanol–water partition coefficient (Wildman–Crippen LogP) is 4.80. The van der Waals surface area contributed by atoms with Crippen molar-refractivity contribution in [3.8, 4) is 0 Å². The fraction of sp³-hybridized carbons (Fsp3) is 0.312. The van der Waals surface area contributed by atoms with Gasteiger partial charge in [0.05, 0.1) is 0 Å². The van der Waals surface area contributed by atoms with Gasteiger partial charge in [-0.3, -0.25) is 0 Å². The second-order valence-corrected chi connectivity index (χ2v) is 6.68. The molecule has 0 atom stereocenters. The maximum Gasteiger partial charge on any atom is 0.101 e. The van der Waals surface area contributed by atoms with E-state index < -0.39 is 0 Å². The summed E-state index contributed by atoms with van der Waals surface area (Å²) in [6.07, 6.45) is 2.99. The van der Waals surface area contributed by atoms with Gasteiger partial charge in [0.15, 0.2) is 0 Å². The minimum absolute atomic E-state index is 0.911. The van der Waals surface area contributed by atoms with Gasteiger partial charge in [-0.05, 0) is 59.6 Å². The maximum atomic E-state index is 4.43. The van der Waals surface area contributed by atoms with Crippen molar-refractivity contribution in [1.82, 2.24) is 10.3 Å². The largest absolute Gasteiger partial charge is 0.313 e.